The smallest absolute Gasteiger partial charge is 0.160 e. The van der Waals surface area contributed by atoms with Crippen molar-refractivity contribution < 1.29 is 0 Å². The Morgan fingerprint density at radius 3 is 2.56 bits per heavy atom. The molecule has 3 aromatic rings. The average molecular weight is 256 g/mol. The van der Waals surface area contributed by atoms with Crippen LogP contribution in [0.1, 0.15) is 0 Å². The summed E-state index contributed by atoms with van der Waals surface area (Å²) >= 11 is 5.85. The quantitative estimate of drug-likeness (QED) is 0.751. The van der Waals surface area contributed by atoms with E-state index in [-0.39, 0.29) is 0 Å². The molecule has 3 rings (SSSR count). The summed E-state index contributed by atoms with van der Waals surface area (Å²) in [5.74, 6) is 0.746. The number of fused-ring (bicyclic) bond motifs is 1. The van der Waals surface area contributed by atoms with E-state index >= 15 is 0 Å². The number of anilines is 2. The number of rotatable bonds is 2. The van der Waals surface area contributed by atoms with Gasteiger partial charge in [0.1, 0.15) is 0 Å². The second-order valence-electron chi connectivity index (χ2n) is 3.91. The molecule has 3 nitrogen and oxygen atoms in total. The first-order valence-electron chi connectivity index (χ1n) is 5.56. The van der Waals surface area contributed by atoms with E-state index in [1.54, 1.807) is 6.20 Å². The van der Waals surface area contributed by atoms with Crippen molar-refractivity contribution in [1.82, 2.24) is 10.2 Å². The third kappa shape index (κ3) is 2.13. The van der Waals surface area contributed by atoms with Crippen LogP contribution in [0.5, 0.6) is 0 Å². The Balaban J connectivity index is 2.02. The summed E-state index contributed by atoms with van der Waals surface area (Å²) in [7, 11) is 0. The predicted molar refractivity (Wildman–Crippen MR) is 74.3 cm³/mol. The molecular formula is C14H10ClN3. The lowest BCUT2D eigenvalue weighted by Crippen LogP contribution is -1.96. The van der Waals surface area contributed by atoms with Crippen molar-refractivity contribution in [3.05, 3.63) is 59.8 Å². The van der Waals surface area contributed by atoms with Gasteiger partial charge in [0.25, 0.3) is 0 Å². The summed E-state index contributed by atoms with van der Waals surface area (Å²) in [6.45, 7) is 0. The van der Waals surface area contributed by atoms with E-state index in [4.69, 9.17) is 11.6 Å². The van der Waals surface area contributed by atoms with Gasteiger partial charge in [-0.1, -0.05) is 35.9 Å². The van der Waals surface area contributed by atoms with Gasteiger partial charge in [-0.3, -0.25) is 0 Å². The molecule has 1 heterocycles. The van der Waals surface area contributed by atoms with Crippen molar-refractivity contribution in [2.45, 2.75) is 0 Å². The minimum Gasteiger partial charge on any atom is -0.338 e. The van der Waals surface area contributed by atoms with Crippen molar-refractivity contribution in [2.24, 2.45) is 0 Å². The van der Waals surface area contributed by atoms with E-state index in [0.29, 0.717) is 5.02 Å². The molecule has 1 aromatic heterocycles. The Morgan fingerprint density at radius 1 is 0.944 bits per heavy atom. The fourth-order valence-electron chi connectivity index (χ4n) is 1.79. The summed E-state index contributed by atoms with van der Waals surface area (Å²) in [6, 6.07) is 15.5. The zero-order valence-electron chi connectivity index (χ0n) is 9.47. The molecule has 0 saturated carbocycles. The minimum atomic E-state index is 0.713. The van der Waals surface area contributed by atoms with Crippen LogP contribution in [0.3, 0.4) is 0 Å². The van der Waals surface area contributed by atoms with Crippen LogP contribution in [-0.4, -0.2) is 10.2 Å². The van der Waals surface area contributed by atoms with Crippen molar-refractivity contribution in [2.75, 3.05) is 5.32 Å². The van der Waals surface area contributed by atoms with E-state index in [9.17, 15) is 0 Å². The molecule has 0 spiro atoms. The van der Waals surface area contributed by atoms with Gasteiger partial charge < -0.3 is 5.32 Å². The predicted octanol–water partition coefficient (Wildman–Crippen LogP) is 4.03. The standard InChI is InChI=1S/C14H10ClN3/c15-11-5-7-12(8-6-11)17-14-13-4-2-1-3-10(13)9-16-18-14/h1-9H,(H,17,18). The molecular weight excluding hydrogens is 246 g/mol. The van der Waals surface area contributed by atoms with Gasteiger partial charge in [0.15, 0.2) is 5.82 Å². The monoisotopic (exact) mass is 255 g/mol. The second kappa shape index (κ2) is 4.63. The SMILES string of the molecule is Clc1ccc(Nc2nncc3ccccc23)cc1. The van der Waals surface area contributed by atoms with Crippen molar-refractivity contribution in [3.63, 3.8) is 0 Å². The maximum Gasteiger partial charge on any atom is 0.160 e. The Kier molecular flexibility index (Phi) is 2.82. The molecule has 0 unspecified atom stereocenters. The number of nitrogens with zero attached hydrogens (tertiary/aromatic N) is 2. The third-order valence-electron chi connectivity index (χ3n) is 2.68. The summed E-state index contributed by atoms with van der Waals surface area (Å²) < 4.78 is 0. The molecule has 0 saturated heterocycles. The molecule has 2 aromatic carbocycles. The first-order chi connectivity index (χ1) is 8.83. The van der Waals surface area contributed by atoms with Crippen LogP contribution < -0.4 is 5.32 Å². The zero-order chi connectivity index (χ0) is 12.4. The summed E-state index contributed by atoms with van der Waals surface area (Å²) in [6.07, 6.45) is 1.75. The second-order valence-corrected chi connectivity index (χ2v) is 4.35. The highest BCUT2D eigenvalue weighted by Crippen LogP contribution is 2.23. The Hall–Kier alpha value is -2.13. The lowest BCUT2D eigenvalue weighted by molar-refractivity contribution is 1.05. The molecule has 0 aliphatic rings. The van der Waals surface area contributed by atoms with Crippen molar-refractivity contribution in [1.29, 1.82) is 0 Å². The molecule has 0 atom stereocenters. The largest absolute Gasteiger partial charge is 0.338 e. The molecule has 1 N–H and O–H groups in total. The van der Waals surface area contributed by atoms with Crippen molar-refractivity contribution in [3.8, 4) is 0 Å². The summed E-state index contributed by atoms with van der Waals surface area (Å²) in [5.41, 5.74) is 0.935. The van der Waals surface area contributed by atoms with Gasteiger partial charge in [-0.2, -0.15) is 5.10 Å². The van der Waals surface area contributed by atoms with E-state index < -0.39 is 0 Å². The normalized spacial score (nSPS) is 10.5. The fraction of sp³-hybridized carbons (Fsp3) is 0. The first kappa shape index (κ1) is 11.0. The third-order valence-corrected chi connectivity index (χ3v) is 2.93. The molecule has 0 fully saturated rings. The molecule has 4 heteroatoms. The van der Waals surface area contributed by atoms with Gasteiger partial charge in [-0.15, -0.1) is 5.10 Å². The number of nitrogens with one attached hydrogen (secondary N) is 1. The number of aromatic nitrogens is 2. The zero-order valence-corrected chi connectivity index (χ0v) is 10.2. The molecule has 0 bridgehead atoms. The molecule has 0 radical (unpaired) electrons. The maximum atomic E-state index is 5.85. The van der Waals surface area contributed by atoms with E-state index in [0.717, 1.165) is 22.3 Å². The molecule has 0 amide bonds. The Morgan fingerprint density at radius 2 is 1.72 bits per heavy atom. The van der Waals surface area contributed by atoms with Crippen LogP contribution in [-0.2, 0) is 0 Å². The minimum absolute atomic E-state index is 0.713. The van der Waals surface area contributed by atoms with E-state index in [1.807, 2.05) is 48.5 Å². The molecule has 0 aliphatic carbocycles. The van der Waals surface area contributed by atoms with Crippen LogP contribution in [0, 0.1) is 0 Å². The average Bonchev–Trinajstić information content (AvgIpc) is 2.42. The Labute approximate surface area is 109 Å². The number of hydrogen-bond donors (Lipinski definition) is 1. The van der Waals surface area contributed by atoms with Gasteiger partial charge in [0, 0.05) is 21.5 Å². The van der Waals surface area contributed by atoms with Gasteiger partial charge in [0.2, 0.25) is 0 Å². The lowest BCUT2D eigenvalue weighted by Gasteiger charge is -2.07. The molecule has 0 aliphatic heterocycles. The van der Waals surface area contributed by atoms with Gasteiger partial charge in [-0.05, 0) is 24.3 Å². The summed E-state index contributed by atoms with van der Waals surface area (Å²) in [5, 5.41) is 14.2. The highest BCUT2D eigenvalue weighted by Gasteiger charge is 2.02. The van der Waals surface area contributed by atoms with Crippen LogP contribution >= 0.6 is 11.6 Å². The van der Waals surface area contributed by atoms with Gasteiger partial charge in [-0.25, -0.2) is 0 Å². The van der Waals surface area contributed by atoms with E-state index in [2.05, 4.69) is 15.5 Å². The van der Waals surface area contributed by atoms with Crippen LogP contribution in [0.15, 0.2) is 54.7 Å². The molecule has 18 heavy (non-hydrogen) atoms. The van der Waals surface area contributed by atoms with Crippen LogP contribution in [0.4, 0.5) is 11.5 Å². The summed E-state index contributed by atoms with van der Waals surface area (Å²) in [4.78, 5) is 0. The highest BCUT2D eigenvalue weighted by atomic mass is 35.5. The fourth-order valence-corrected chi connectivity index (χ4v) is 1.92. The topological polar surface area (TPSA) is 37.8 Å². The maximum absolute atomic E-state index is 5.85. The van der Waals surface area contributed by atoms with Gasteiger partial charge >= 0.3 is 0 Å². The van der Waals surface area contributed by atoms with Crippen molar-refractivity contribution >= 4 is 33.9 Å². The Bertz CT molecular complexity index is 675. The first-order valence-corrected chi connectivity index (χ1v) is 5.94. The van der Waals surface area contributed by atoms with E-state index in [1.165, 1.54) is 0 Å². The number of halogens is 1. The van der Waals surface area contributed by atoms with Crippen LogP contribution in [0.25, 0.3) is 10.8 Å². The van der Waals surface area contributed by atoms with Gasteiger partial charge in [0.05, 0.1) is 6.20 Å². The lowest BCUT2D eigenvalue weighted by atomic mass is 10.2. The molecule has 88 valence electrons. The number of benzene rings is 2. The highest BCUT2D eigenvalue weighted by molar-refractivity contribution is 6.30. The van der Waals surface area contributed by atoms with Crippen LogP contribution in [0.2, 0.25) is 5.02 Å². The number of hydrogen-bond acceptors (Lipinski definition) is 3.